The minimum atomic E-state index is -0.684. The quantitative estimate of drug-likeness (QED) is 0.658. The molecule has 1 aliphatic carbocycles. The van der Waals surface area contributed by atoms with Crippen molar-refractivity contribution in [1.29, 1.82) is 0 Å². The normalized spacial score (nSPS) is 19.9. The molecule has 1 N–H and O–H groups in total. The van der Waals surface area contributed by atoms with E-state index < -0.39 is 17.2 Å². The standard InChI is InChI=1S/C23H21F2N3O2/c1-14-21(12-26-15(2)27-14)30-13-23(16-5-3-6-17(24)9-16)11-20(23)22(29)28-19-8-4-7-18(25)10-19/h3-10,12,20H,11,13H2,1-2H3,(H,28,29)/t20?,23-/m1/s1. The maximum Gasteiger partial charge on any atom is 0.228 e. The lowest BCUT2D eigenvalue weighted by atomic mass is 9.93. The van der Waals surface area contributed by atoms with Gasteiger partial charge >= 0.3 is 0 Å². The predicted octanol–water partition coefficient (Wildman–Crippen LogP) is 4.35. The number of aromatic nitrogens is 2. The van der Waals surface area contributed by atoms with E-state index in [4.69, 9.17) is 4.74 Å². The summed E-state index contributed by atoms with van der Waals surface area (Å²) in [5.41, 5.74) is 1.08. The third-order valence-corrected chi connectivity index (χ3v) is 5.42. The highest BCUT2D eigenvalue weighted by atomic mass is 19.1. The molecule has 4 rings (SSSR count). The minimum Gasteiger partial charge on any atom is -0.489 e. The van der Waals surface area contributed by atoms with Crippen LogP contribution >= 0.6 is 0 Å². The topological polar surface area (TPSA) is 64.1 Å². The number of benzene rings is 2. The molecule has 0 saturated heterocycles. The molecule has 1 fully saturated rings. The fourth-order valence-electron chi connectivity index (χ4n) is 3.73. The van der Waals surface area contributed by atoms with E-state index in [-0.39, 0.29) is 18.3 Å². The molecule has 5 nitrogen and oxygen atoms in total. The van der Waals surface area contributed by atoms with Crippen molar-refractivity contribution in [3.05, 3.63) is 83.4 Å². The zero-order chi connectivity index (χ0) is 21.3. The Balaban J connectivity index is 1.57. The molecule has 1 saturated carbocycles. The summed E-state index contributed by atoms with van der Waals surface area (Å²) in [4.78, 5) is 21.3. The number of nitrogens with one attached hydrogen (secondary N) is 1. The van der Waals surface area contributed by atoms with Crippen molar-refractivity contribution in [2.45, 2.75) is 25.7 Å². The summed E-state index contributed by atoms with van der Waals surface area (Å²) >= 11 is 0. The van der Waals surface area contributed by atoms with E-state index in [0.29, 0.717) is 34.9 Å². The Labute approximate surface area is 173 Å². The maximum absolute atomic E-state index is 13.9. The molecule has 2 atom stereocenters. The van der Waals surface area contributed by atoms with Gasteiger partial charge in [-0.2, -0.15) is 0 Å². The van der Waals surface area contributed by atoms with Crippen LogP contribution in [0.3, 0.4) is 0 Å². The molecule has 0 spiro atoms. The van der Waals surface area contributed by atoms with E-state index in [2.05, 4.69) is 15.3 Å². The van der Waals surface area contributed by atoms with Gasteiger partial charge in [0.25, 0.3) is 0 Å². The van der Waals surface area contributed by atoms with E-state index in [1.54, 1.807) is 31.3 Å². The Morgan fingerprint density at radius 1 is 1.17 bits per heavy atom. The van der Waals surface area contributed by atoms with E-state index in [1.165, 1.54) is 30.3 Å². The number of aryl methyl sites for hydroxylation is 2. The van der Waals surface area contributed by atoms with E-state index >= 15 is 0 Å². The molecule has 3 aromatic rings. The molecule has 1 unspecified atom stereocenters. The summed E-state index contributed by atoms with van der Waals surface area (Å²) in [7, 11) is 0. The van der Waals surface area contributed by atoms with Crippen molar-refractivity contribution in [3.63, 3.8) is 0 Å². The van der Waals surface area contributed by atoms with Crippen molar-refractivity contribution in [2.75, 3.05) is 11.9 Å². The zero-order valence-corrected chi connectivity index (χ0v) is 16.7. The van der Waals surface area contributed by atoms with Crippen molar-refractivity contribution in [1.82, 2.24) is 9.97 Å². The molecule has 7 heteroatoms. The first kappa shape index (κ1) is 19.9. The van der Waals surface area contributed by atoms with Crippen LogP contribution < -0.4 is 10.1 Å². The van der Waals surface area contributed by atoms with Crippen molar-refractivity contribution >= 4 is 11.6 Å². The fourth-order valence-corrected chi connectivity index (χ4v) is 3.73. The summed E-state index contributed by atoms with van der Waals surface area (Å²) in [6.07, 6.45) is 2.09. The number of carbonyl (C=O) groups excluding carboxylic acids is 1. The molecular weight excluding hydrogens is 388 g/mol. The van der Waals surface area contributed by atoms with Gasteiger partial charge in [0, 0.05) is 11.1 Å². The van der Waals surface area contributed by atoms with Crippen molar-refractivity contribution in [2.24, 2.45) is 5.92 Å². The van der Waals surface area contributed by atoms with Crippen LogP contribution in [0.5, 0.6) is 5.75 Å². The number of hydrogen-bond donors (Lipinski definition) is 1. The Morgan fingerprint density at radius 3 is 2.60 bits per heavy atom. The van der Waals surface area contributed by atoms with Gasteiger partial charge in [-0.1, -0.05) is 18.2 Å². The summed E-state index contributed by atoms with van der Waals surface area (Å²) in [6.45, 7) is 3.78. The number of halogens is 2. The second-order valence-electron chi connectivity index (χ2n) is 7.58. The zero-order valence-electron chi connectivity index (χ0n) is 16.7. The molecule has 1 heterocycles. The van der Waals surface area contributed by atoms with Crippen LogP contribution in [0.15, 0.2) is 54.7 Å². The van der Waals surface area contributed by atoms with Crippen LogP contribution in [0.1, 0.15) is 23.5 Å². The molecule has 154 valence electrons. The summed E-state index contributed by atoms with van der Waals surface area (Å²) in [5, 5.41) is 2.75. The van der Waals surface area contributed by atoms with Gasteiger partial charge in [0.15, 0.2) is 5.75 Å². The summed E-state index contributed by atoms with van der Waals surface area (Å²) < 4.78 is 33.3. The Hall–Kier alpha value is -3.35. The molecule has 0 aliphatic heterocycles. The summed E-state index contributed by atoms with van der Waals surface area (Å²) in [5.74, 6) is -0.346. The van der Waals surface area contributed by atoms with Gasteiger partial charge in [0.05, 0.1) is 24.4 Å². The Bertz CT molecular complexity index is 1110. The van der Waals surface area contributed by atoms with Gasteiger partial charge in [-0.05, 0) is 56.2 Å². The smallest absolute Gasteiger partial charge is 0.228 e. The van der Waals surface area contributed by atoms with Crippen LogP contribution in [-0.2, 0) is 10.2 Å². The lowest BCUT2D eigenvalue weighted by Gasteiger charge is -2.20. The lowest BCUT2D eigenvalue weighted by molar-refractivity contribution is -0.117. The second-order valence-corrected chi connectivity index (χ2v) is 7.58. The van der Waals surface area contributed by atoms with Crippen molar-refractivity contribution in [3.8, 4) is 5.75 Å². The average Bonchev–Trinajstić information content (AvgIpc) is 3.43. The van der Waals surface area contributed by atoms with Gasteiger partial charge < -0.3 is 10.1 Å². The maximum atomic E-state index is 13.9. The molecule has 0 bridgehead atoms. The van der Waals surface area contributed by atoms with E-state index in [1.807, 2.05) is 6.92 Å². The predicted molar refractivity (Wildman–Crippen MR) is 108 cm³/mol. The van der Waals surface area contributed by atoms with Gasteiger partial charge in [-0.3, -0.25) is 4.79 Å². The number of carbonyl (C=O) groups is 1. The molecule has 1 aromatic heterocycles. The van der Waals surface area contributed by atoms with Crippen molar-refractivity contribution < 1.29 is 18.3 Å². The monoisotopic (exact) mass is 409 g/mol. The Kier molecular flexibility index (Phi) is 5.20. The lowest BCUT2D eigenvalue weighted by Crippen LogP contribution is -2.27. The SMILES string of the molecule is Cc1ncc(OC[C@@]2(c3cccc(F)c3)CC2C(=O)Nc2cccc(F)c2)c(C)n1. The highest BCUT2D eigenvalue weighted by molar-refractivity contribution is 5.96. The molecule has 2 aromatic carbocycles. The van der Waals surface area contributed by atoms with Gasteiger partial charge in [0.1, 0.15) is 17.5 Å². The van der Waals surface area contributed by atoms with E-state index in [9.17, 15) is 13.6 Å². The first-order chi connectivity index (χ1) is 14.4. The highest BCUT2D eigenvalue weighted by Gasteiger charge is 2.60. The third-order valence-electron chi connectivity index (χ3n) is 5.42. The molecule has 0 radical (unpaired) electrons. The number of hydrogen-bond acceptors (Lipinski definition) is 4. The molecular formula is C23H21F2N3O2. The van der Waals surface area contributed by atoms with Crippen LogP contribution in [0, 0.1) is 31.4 Å². The number of rotatable bonds is 6. The van der Waals surface area contributed by atoms with Gasteiger partial charge in [-0.25, -0.2) is 18.7 Å². The second kappa shape index (κ2) is 7.82. The van der Waals surface area contributed by atoms with Gasteiger partial charge in [-0.15, -0.1) is 0 Å². The minimum absolute atomic E-state index is 0.172. The van der Waals surface area contributed by atoms with Crippen LogP contribution in [0.4, 0.5) is 14.5 Å². The number of nitrogens with zero attached hydrogens (tertiary/aromatic N) is 2. The largest absolute Gasteiger partial charge is 0.489 e. The fraction of sp³-hybridized carbons (Fsp3) is 0.261. The molecule has 1 amide bonds. The molecule has 30 heavy (non-hydrogen) atoms. The summed E-state index contributed by atoms with van der Waals surface area (Å²) in [6, 6.07) is 11.9. The Morgan fingerprint density at radius 2 is 1.90 bits per heavy atom. The van der Waals surface area contributed by atoms with Crippen LogP contribution in [-0.4, -0.2) is 22.5 Å². The van der Waals surface area contributed by atoms with Gasteiger partial charge in [0.2, 0.25) is 5.91 Å². The van der Waals surface area contributed by atoms with Crippen LogP contribution in [0.2, 0.25) is 0 Å². The number of amides is 1. The highest BCUT2D eigenvalue weighted by Crippen LogP contribution is 2.55. The van der Waals surface area contributed by atoms with Crippen LogP contribution in [0.25, 0.3) is 0 Å². The average molecular weight is 409 g/mol. The van der Waals surface area contributed by atoms with E-state index in [0.717, 1.165) is 0 Å². The number of anilines is 1. The third kappa shape index (κ3) is 4.01. The first-order valence-electron chi connectivity index (χ1n) is 9.63. The number of ether oxygens (including phenoxy) is 1. The first-order valence-corrected chi connectivity index (χ1v) is 9.63. The molecule has 1 aliphatic rings.